The van der Waals surface area contributed by atoms with Crippen LogP contribution in [0.25, 0.3) is 11.3 Å². The average Bonchev–Trinajstić information content (AvgIpc) is 2.67. The highest BCUT2D eigenvalue weighted by molar-refractivity contribution is 7.12. The van der Waals surface area contributed by atoms with Gasteiger partial charge in [0.2, 0.25) is 0 Å². The predicted octanol–water partition coefficient (Wildman–Crippen LogP) is 2.93. The van der Waals surface area contributed by atoms with Gasteiger partial charge >= 0.3 is 0 Å². The van der Waals surface area contributed by atoms with Gasteiger partial charge in [0.1, 0.15) is 0 Å². The molecule has 70 valence electrons. The number of aldehydes is 1. The number of pyridine rings is 1. The molecule has 0 amide bonds. The van der Waals surface area contributed by atoms with E-state index < -0.39 is 0 Å². The van der Waals surface area contributed by atoms with E-state index in [4.69, 9.17) is 0 Å². The van der Waals surface area contributed by atoms with Gasteiger partial charge in [-0.05, 0) is 24.6 Å². The first kappa shape index (κ1) is 9.09. The Kier molecular flexibility index (Phi) is 2.41. The Labute approximate surface area is 86.2 Å². The van der Waals surface area contributed by atoms with Crippen LogP contribution in [0.1, 0.15) is 15.2 Å². The molecule has 0 aliphatic rings. The summed E-state index contributed by atoms with van der Waals surface area (Å²) in [6.45, 7) is 2.00. The molecule has 2 aromatic heterocycles. The molecule has 0 saturated carbocycles. The maximum atomic E-state index is 10.5. The van der Waals surface area contributed by atoms with Gasteiger partial charge < -0.3 is 0 Å². The zero-order valence-electron chi connectivity index (χ0n) is 7.73. The van der Waals surface area contributed by atoms with Crippen molar-refractivity contribution in [3.63, 3.8) is 0 Å². The molecular weight excluding hydrogens is 194 g/mol. The number of carbonyl (C=O) groups excluding carboxylic acids is 1. The monoisotopic (exact) mass is 203 g/mol. The highest BCUT2D eigenvalue weighted by Crippen LogP contribution is 2.22. The summed E-state index contributed by atoms with van der Waals surface area (Å²) in [5.41, 5.74) is 3.07. The van der Waals surface area contributed by atoms with E-state index in [-0.39, 0.29) is 0 Å². The molecule has 3 heteroatoms. The number of rotatable bonds is 2. The van der Waals surface area contributed by atoms with Gasteiger partial charge in [-0.25, -0.2) is 0 Å². The third-order valence-corrected chi connectivity index (χ3v) is 2.80. The molecule has 0 aromatic carbocycles. The number of carbonyl (C=O) groups is 1. The normalized spacial score (nSPS) is 10.1. The summed E-state index contributed by atoms with van der Waals surface area (Å²) in [7, 11) is 0. The quantitative estimate of drug-likeness (QED) is 0.702. The molecule has 0 radical (unpaired) electrons. The van der Waals surface area contributed by atoms with Crippen molar-refractivity contribution in [1.29, 1.82) is 0 Å². The van der Waals surface area contributed by atoms with Crippen LogP contribution in [0.5, 0.6) is 0 Å². The van der Waals surface area contributed by atoms with Gasteiger partial charge in [-0.3, -0.25) is 9.78 Å². The van der Waals surface area contributed by atoms with Gasteiger partial charge in [0.05, 0.1) is 10.6 Å². The summed E-state index contributed by atoms with van der Waals surface area (Å²) in [4.78, 5) is 15.5. The van der Waals surface area contributed by atoms with Crippen molar-refractivity contribution in [2.75, 3.05) is 0 Å². The predicted molar refractivity (Wildman–Crippen MR) is 57.7 cm³/mol. The Bertz CT molecular complexity index is 445. The Morgan fingerprint density at radius 3 is 2.86 bits per heavy atom. The van der Waals surface area contributed by atoms with E-state index >= 15 is 0 Å². The van der Waals surface area contributed by atoms with Crippen molar-refractivity contribution < 1.29 is 4.79 Å². The Hall–Kier alpha value is -1.48. The van der Waals surface area contributed by atoms with E-state index in [0.717, 1.165) is 28.0 Å². The zero-order valence-corrected chi connectivity index (χ0v) is 8.54. The van der Waals surface area contributed by atoms with Crippen LogP contribution in [0.15, 0.2) is 29.8 Å². The largest absolute Gasteiger partial charge is 0.297 e. The number of hydrogen-bond donors (Lipinski definition) is 0. The first-order valence-corrected chi connectivity index (χ1v) is 5.14. The van der Waals surface area contributed by atoms with E-state index in [2.05, 4.69) is 4.98 Å². The summed E-state index contributed by atoms with van der Waals surface area (Å²) in [6, 6.07) is 5.84. The Balaban J connectivity index is 2.39. The standard InChI is InChI=1S/C11H9NOS/c1-8-2-3-11(12-5-8)9-4-10(6-13)14-7-9/h2-7H,1H3. The number of aryl methyl sites for hydroxylation is 1. The van der Waals surface area contributed by atoms with E-state index in [1.165, 1.54) is 11.3 Å². The van der Waals surface area contributed by atoms with Crippen molar-refractivity contribution in [2.45, 2.75) is 6.92 Å². The minimum Gasteiger partial charge on any atom is -0.297 e. The lowest BCUT2D eigenvalue weighted by Crippen LogP contribution is -1.81. The third kappa shape index (κ3) is 1.72. The lowest BCUT2D eigenvalue weighted by molar-refractivity contribution is 0.112. The van der Waals surface area contributed by atoms with Gasteiger partial charge in [-0.15, -0.1) is 11.3 Å². The van der Waals surface area contributed by atoms with Gasteiger partial charge in [0.25, 0.3) is 0 Å². The second-order valence-corrected chi connectivity index (χ2v) is 4.02. The molecule has 0 unspecified atom stereocenters. The maximum absolute atomic E-state index is 10.5. The molecule has 2 nitrogen and oxygen atoms in total. The van der Waals surface area contributed by atoms with Crippen LogP contribution in [0.4, 0.5) is 0 Å². The zero-order chi connectivity index (χ0) is 9.97. The molecule has 0 atom stereocenters. The van der Waals surface area contributed by atoms with Crippen LogP contribution in [-0.2, 0) is 0 Å². The number of aromatic nitrogens is 1. The van der Waals surface area contributed by atoms with E-state index in [0.29, 0.717) is 0 Å². The van der Waals surface area contributed by atoms with E-state index in [1.807, 2.05) is 36.7 Å². The average molecular weight is 203 g/mol. The molecule has 2 heterocycles. The molecule has 0 aliphatic heterocycles. The third-order valence-electron chi connectivity index (χ3n) is 1.94. The summed E-state index contributed by atoms with van der Waals surface area (Å²) in [6.07, 6.45) is 2.69. The van der Waals surface area contributed by atoms with Crippen molar-refractivity contribution >= 4 is 17.6 Å². The van der Waals surface area contributed by atoms with Crippen molar-refractivity contribution in [3.05, 3.63) is 40.2 Å². The fourth-order valence-electron chi connectivity index (χ4n) is 1.19. The SMILES string of the molecule is Cc1ccc(-c2csc(C=O)c2)nc1. The van der Waals surface area contributed by atoms with Crippen LogP contribution in [0, 0.1) is 6.92 Å². The second-order valence-electron chi connectivity index (χ2n) is 3.08. The van der Waals surface area contributed by atoms with Crippen LogP contribution < -0.4 is 0 Å². The van der Waals surface area contributed by atoms with Crippen molar-refractivity contribution in [2.24, 2.45) is 0 Å². The smallest absolute Gasteiger partial charge is 0.160 e. The van der Waals surface area contributed by atoms with Crippen LogP contribution in [-0.4, -0.2) is 11.3 Å². The second kappa shape index (κ2) is 3.72. The number of nitrogens with zero attached hydrogens (tertiary/aromatic N) is 1. The molecule has 2 rings (SSSR count). The van der Waals surface area contributed by atoms with Gasteiger partial charge in [-0.2, -0.15) is 0 Å². The molecule has 14 heavy (non-hydrogen) atoms. The molecule has 0 N–H and O–H groups in total. The van der Waals surface area contributed by atoms with Crippen LogP contribution >= 0.6 is 11.3 Å². The van der Waals surface area contributed by atoms with Crippen molar-refractivity contribution in [1.82, 2.24) is 4.98 Å². The van der Waals surface area contributed by atoms with Crippen LogP contribution in [0.3, 0.4) is 0 Å². The highest BCUT2D eigenvalue weighted by Gasteiger charge is 2.02. The summed E-state index contributed by atoms with van der Waals surface area (Å²) < 4.78 is 0. The minimum atomic E-state index is 0.738. The summed E-state index contributed by atoms with van der Waals surface area (Å²) >= 11 is 1.44. The Morgan fingerprint density at radius 2 is 2.29 bits per heavy atom. The first-order valence-electron chi connectivity index (χ1n) is 4.26. The molecule has 0 saturated heterocycles. The fraction of sp³-hybridized carbons (Fsp3) is 0.0909. The number of thiophene rings is 1. The lowest BCUT2D eigenvalue weighted by Gasteiger charge is -1.96. The molecule has 0 spiro atoms. The van der Waals surface area contributed by atoms with Crippen LogP contribution in [0.2, 0.25) is 0 Å². The van der Waals surface area contributed by atoms with E-state index in [1.54, 1.807) is 0 Å². The summed E-state index contributed by atoms with van der Waals surface area (Å²) in [5, 5.41) is 1.95. The number of hydrogen-bond acceptors (Lipinski definition) is 3. The first-order chi connectivity index (χ1) is 6.79. The maximum Gasteiger partial charge on any atom is 0.160 e. The fourth-order valence-corrected chi connectivity index (χ4v) is 1.89. The molecular formula is C11H9NOS. The highest BCUT2D eigenvalue weighted by atomic mass is 32.1. The van der Waals surface area contributed by atoms with E-state index in [9.17, 15) is 4.79 Å². The molecule has 0 aliphatic carbocycles. The van der Waals surface area contributed by atoms with Gasteiger partial charge in [0, 0.05) is 17.1 Å². The van der Waals surface area contributed by atoms with Gasteiger partial charge in [0.15, 0.2) is 6.29 Å². The minimum absolute atomic E-state index is 0.738. The topological polar surface area (TPSA) is 30.0 Å². The Morgan fingerprint density at radius 1 is 1.43 bits per heavy atom. The summed E-state index contributed by atoms with van der Waals surface area (Å²) in [5.74, 6) is 0. The van der Waals surface area contributed by atoms with Crippen molar-refractivity contribution in [3.8, 4) is 11.3 Å². The lowest BCUT2D eigenvalue weighted by atomic mass is 10.2. The molecule has 0 fully saturated rings. The molecule has 0 bridgehead atoms. The molecule has 2 aromatic rings. The van der Waals surface area contributed by atoms with Gasteiger partial charge in [-0.1, -0.05) is 6.07 Å².